The van der Waals surface area contributed by atoms with Gasteiger partial charge in [-0.25, -0.2) is 4.98 Å². The zero-order valence-corrected chi connectivity index (χ0v) is 14.8. The van der Waals surface area contributed by atoms with Crippen molar-refractivity contribution in [2.75, 3.05) is 7.11 Å². The molecule has 0 amide bonds. The number of nitriles is 1. The smallest absolute Gasteiger partial charge is 0.140 e. The van der Waals surface area contributed by atoms with E-state index in [1.807, 2.05) is 24.4 Å². The Morgan fingerprint density at radius 1 is 1.45 bits per heavy atom. The third-order valence-electron chi connectivity index (χ3n) is 2.51. The van der Waals surface area contributed by atoms with Crippen LogP contribution in [0.2, 0.25) is 0 Å². The largest absolute Gasteiger partial charge is 0.495 e. The van der Waals surface area contributed by atoms with Gasteiger partial charge >= 0.3 is 0 Å². The molecular formula is C14H10Br2N2OS. The molecule has 0 bridgehead atoms. The minimum absolute atomic E-state index is 0.520. The molecule has 0 aliphatic heterocycles. The fraction of sp³-hybridized carbons (Fsp3) is 0.143. The second-order valence-corrected chi connectivity index (χ2v) is 6.60. The second-order valence-electron chi connectivity index (χ2n) is 3.97. The van der Waals surface area contributed by atoms with Crippen LogP contribution < -0.4 is 4.74 Å². The molecule has 0 saturated heterocycles. The average molecular weight is 414 g/mol. The summed E-state index contributed by atoms with van der Waals surface area (Å²) in [6, 6.07) is 6.00. The Kier molecular flexibility index (Phi) is 4.97. The highest BCUT2D eigenvalue weighted by molar-refractivity contribution is 9.11. The van der Waals surface area contributed by atoms with Crippen molar-refractivity contribution in [2.45, 2.75) is 6.92 Å². The van der Waals surface area contributed by atoms with Gasteiger partial charge in [0.25, 0.3) is 0 Å². The van der Waals surface area contributed by atoms with E-state index in [0.717, 1.165) is 20.2 Å². The number of aryl methyl sites for hydroxylation is 1. The van der Waals surface area contributed by atoms with E-state index in [9.17, 15) is 5.26 Å². The summed E-state index contributed by atoms with van der Waals surface area (Å²) in [6.45, 7) is 1.91. The van der Waals surface area contributed by atoms with Gasteiger partial charge in [-0.3, -0.25) is 0 Å². The first-order chi connectivity index (χ1) is 9.55. The predicted molar refractivity (Wildman–Crippen MR) is 88.7 cm³/mol. The van der Waals surface area contributed by atoms with Crippen molar-refractivity contribution in [3.05, 3.63) is 42.7 Å². The van der Waals surface area contributed by atoms with Gasteiger partial charge in [0.05, 0.1) is 17.2 Å². The van der Waals surface area contributed by atoms with Crippen LogP contribution in [-0.2, 0) is 0 Å². The number of aromatic nitrogens is 1. The van der Waals surface area contributed by atoms with Crippen molar-refractivity contribution in [3.63, 3.8) is 0 Å². The van der Waals surface area contributed by atoms with E-state index in [2.05, 4.69) is 42.9 Å². The van der Waals surface area contributed by atoms with E-state index in [4.69, 9.17) is 4.74 Å². The number of thiazole rings is 1. The highest BCUT2D eigenvalue weighted by atomic mass is 79.9. The van der Waals surface area contributed by atoms with Crippen LogP contribution in [0.15, 0.2) is 26.5 Å². The lowest BCUT2D eigenvalue weighted by Gasteiger charge is -2.08. The van der Waals surface area contributed by atoms with Gasteiger partial charge in [-0.1, -0.05) is 15.9 Å². The maximum absolute atomic E-state index is 9.34. The first-order valence-corrected chi connectivity index (χ1v) is 8.09. The average Bonchev–Trinajstić information content (AvgIpc) is 2.82. The number of rotatable bonds is 3. The van der Waals surface area contributed by atoms with Gasteiger partial charge < -0.3 is 4.74 Å². The number of nitrogens with zero attached hydrogens (tertiary/aromatic N) is 2. The highest BCUT2D eigenvalue weighted by Gasteiger charge is 2.11. The molecule has 102 valence electrons. The predicted octanol–water partition coefficient (Wildman–Crippen LogP) is 5.05. The van der Waals surface area contributed by atoms with Gasteiger partial charge in [0.15, 0.2) is 0 Å². The van der Waals surface area contributed by atoms with Gasteiger partial charge in [0.1, 0.15) is 16.8 Å². The minimum atomic E-state index is 0.520. The molecule has 0 aliphatic carbocycles. The second kappa shape index (κ2) is 6.53. The number of halogens is 2. The fourth-order valence-corrected chi connectivity index (χ4v) is 3.86. The molecule has 0 spiro atoms. The summed E-state index contributed by atoms with van der Waals surface area (Å²) in [7, 11) is 1.60. The molecular weight excluding hydrogens is 404 g/mol. The Morgan fingerprint density at radius 2 is 2.20 bits per heavy atom. The third kappa shape index (κ3) is 3.29. The van der Waals surface area contributed by atoms with Crippen LogP contribution in [-0.4, -0.2) is 12.1 Å². The summed E-state index contributed by atoms with van der Waals surface area (Å²) >= 11 is 8.35. The Labute approximate surface area is 138 Å². The Morgan fingerprint density at radius 3 is 2.75 bits per heavy atom. The molecule has 1 heterocycles. The van der Waals surface area contributed by atoms with E-state index in [-0.39, 0.29) is 0 Å². The first-order valence-electron chi connectivity index (χ1n) is 5.62. The Bertz CT molecular complexity index is 716. The van der Waals surface area contributed by atoms with Gasteiger partial charge in [0.2, 0.25) is 0 Å². The van der Waals surface area contributed by atoms with E-state index in [1.54, 1.807) is 13.2 Å². The van der Waals surface area contributed by atoms with Gasteiger partial charge in [-0.2, -0.15) is 5.26 Å². The number of hydrogen-bond acceptors (Lipinski definition) is 4. The molecule has 20 heavy (non-hydrogen) atoms. The monoisotopic (exact) mass is 412 g/mol. The van der Waals surface area contributed by atoms with Crippen LogP contribution in [0.1, 0.15) is 16.3 Å². The van der Waals surface area contributed by atoms with Crippen molar-refractivity contribution in [1.82, 2.24) is 4.98 Å². The lowest BCUT2D eigenvalue weighted by Crippen LogP contribution is -1.90. The Balaban J connectivity index is 2.56. The van der Waals surface area contributed by atoms with Crippen LogP contribution >= 0.6 is 43.2 Å². The molecule has 1 aromatic carbocycles. The van der Waals surface area contributed by atoms with Crippen LogP contribution in [0.5, 0.6) is 5.75 Å². The molecule has 0 radical (unpaired) electrons. The van der Waals surface area contributed by atoms with Crippen molar-refractivity contribution < 1.29 is 4.74 Å². The standard InChI is InChI=1S/C14H10Br2N2OS/c1-8-7-20-14(18-8)10(6-17)3-9-4-11(15)5-12(16)13(9)19-2/h3-5,7H,1-2H3/b10-3-. The zero-order valence-electron chi connectivity index (χ0n) is 10.8. The normalized spacial score (nSPS) is 11.2. The number of ether oxygens (including phenoxy) is 1. The molecule has 2 rings (SSSR count). The molecule has 0 atom stereocenters. The molecule has 0 aliphatic rings. The summed E-state index contributed by atoms with van der Waals surface area (Å²) in [5.74, 6) is 0.689. The minimum Gasteiger partial charge on any atom is -0.495 e. The number of hydrogen-bond donors (Lipinski definition) is 0. The quantitative estimate of drug-likeness (QED) is 0.661. The summed E-state index contributed by atoms with van der Waals surface area (Å²) in [5.41, 5.74) is 2.25. The lowest BCUT2D eigenvalue weighted by atomic mass is 10.1. The van der Waals surface area contributed by atoms with E-state index >= 15 is 0 Å². The maximum atomic E-state index is 9.34. The number of methoxy groups -OCH3 is 1. The summed E-state index contributed by atoms with van der Waals surface area (Å²) in [6.07, 6.45) is 1.78. The molecule has 0 saturated carbocycles. The van der Waals surface area contributed by atoms with Gasteiger partial charge in [-0.05, 0) is 41.1 Å². The molecule has 6 heteroatoms. The summed E-state index contributed by atoms with van der Waals surface area (Å²) in [5, 5.41) is 12.0. The Hall–Kier alpha value is -1.16. The van der Waals surface area contributed by atoms with Crippen molar-refractivity contribution in [2.24, 2.45) is 0 Å². The van der Waals surface area contributed by atoms with E-state index in [1.165, 1.54) is 11.3 Å². The molecule has 0 N–H and O–H groups in total. The SMILES string of the molecule is COc1c(Br)cc(Br)cc1/C=C(/C#N)c1nc(C)cs1. The van der Waals surface area contributed by atoms with Crippen molar-refractivity contribution in [3.8, 4) is 11.8 Å². The van der Waals surface area contributed by atoms with Crippen molar-refractivity contribution in [1.29, 1.82) is 5.26 Å². The summed E-state index contributed by atoms with van der Waals surface area (Å²) < 4.78 is 7.11. The van der Waals surface area contributed by atoms with E-state index in [0.29, 0.717) is 16.3 Å². The molecule has 1 aromatic heterocycles. The molecule has 0 fully saturated rings. The molecule has 2 aromatic rings. The number of allylic oxidation sites excluding steroid dienone is 1. The fourth-order valence-electron chi connectivity index (χ4n) is 1.68. The van der Waals surface area contributed by atoms with Crippen LogP contribution in [0.25, 0.3) is 11.6 Å². The van der Waals surface area contributed by atoms with Crippen molar-refractivity contribution >= 4 is 54.8 Å². The molecule has 0 unspecified atom stereocenters. The lowest BCUT2D eigenvalue weighted by molar-refractivity contribution is 0.411. The van der Waals surface area contributed by atoms with E-state index < -0.39 is 0 Å². The highest BCUT2D eigenvalue weighted by Crippen LogP contribution is 2.35. The first kappa shape index (κ1) is 15.2. The zero-order chi connectivity index (χ0) is 14.7. The van der Waals surface area contributed by atoms with Crippen LogP contribution in [0, 0.1) is 18.3 Å². The van der Waals surface area contributed by atoms with Gasteiger partial charge in [-0.15, -0.1) is 11.3 Å². The maximum Gasteiger partial charge on any atom is 0.140 e. The van der Waals surface area contributed by atoms with Crippen LogP contribution in [0.3, 0.4) is 0 Å². The third-order valence-corrected chi connectivity index (χ3v) is 4.55. The van der Waals surface area contributed by atoms with Gasteiger partial charge in [0, 0.05) is 21.1 Å². The molecule has 3 nitrogen and oxygen atoms in total. The number of benzene rings is 1. The topological polar surface area (TPSA) is 45.9 Å². The summed E-state index contributed by atoms with van der Waals surface area (Å²) in [4.78, 5) is 4.34. The van der Waals surface area contributed by atoms with Crippen LogP contribution in [0.4, 0.5) is 0 Å².